The Bertz CT molecular complexity index is 1410. The fourth-order valence-electron chi connectivity index (χ4n) is 4.45. The normalized spacial score (nSPS) is 18.2. The number of benzene rings is 1. The van der Waals surface area contributed by atoms with Gasteiger partial charge in [-0.05, 0) is 51.8 Å². The molecular weight excluding hydrogens is 475 g/mol. The molecule has 186 valence electrons. The predicted molar refractivity (Wildman–Crippen MR) is 128 cm³/mol. The molecule has 11 heteroatoms. The van der Waals surface area contributed by atoms with Crippen molar-refractivity contribution in [3.05, 3.63) is 53.6 Å². The maximum Gasteiger partial charge on any atom is 0.268 e. The topological polar surface area (TPSA) is 102 Å². The molecule has 9 nitrogen and oxygen atoms in total. The zero-order valence-corrected chi connectivity index (χ0v) is 20.6. The summed E-state index contributed by atoms with van der Waals surface area (Å²) < 4.78 is 53.4. The molecular formula is C24H27FN4O5S. The summed E-state index contributed by atoms with van der Waals surface area (Å²) >= 11 is 0. The van der Waals surface area contributed by atoms with E-state index in [-0.39, 0.29) is 17.4 Å². The van der Waals surface area contributed by atoms with E-state index >= 15 is 0 Å². The SMILES string of the molecule is CC(C)(C)S(=O)(=O)NC(=O)c1cnn2ccc(N3CCCC3c3cc(F)cc4c3OCCO4)cc12. The molecule has 0 radical (unpaired) electrons. The number of sulfonamides is 1. The van der Waals surface area contributed by atoms with Crippen molar-refractivity contribution in [2.45, 2.75) is 44.4 Å². The molecule has 1 atom stereocenters. The van der Waals surface area contributed by atoms with E-state index in [1.807, 2.05) is 6.07 Å². The van der Waals surface area contributed by atoms with E-state index in [0.29, 0.717) is 30.2 Å². The molecule has 1 unspecified atom stereocenters. The first-order valence-electron chi connectivity index (χ1n) is 11.4. The quantitative estimate of drug-likeness (QED) is 0.583. The molecule has 0 aliphatic carbocycles. The summed E-state index contributed by atoms with van der Waals surface area (Å²) in [6.45, 7) is 6.05. The molecule has 2 aliphatic rings. The fraction of sp³-hybridized carbons (Fsp3) is 0.417. The first-order valence-corrected chi connectivity index (χ1v) is 12.9. The van der Waals surface area contributed by atoms with Gasteiger partial charge in [0.2, 0.25) is 10.0 Å². The van der Waals surface area contributed by atoms with E-state index in [1.165, 1.54) is 43.6 Å². The average Bonchev–Trinajstić information content (AvgIpc) is 3.44. The number of anilines is 1. The van der Waals surface area contributed by atoms with Crippen LogP contribution in [0.1, 0.15) is 55.6 Å². The Kier molecular flexibility index (Phi) is 5.62. The highest BCUT2D eigenvalue weighted by atomic mass is 32.2. The van der Waals surface area contributed by atoms with Crippen LogP contribution in [-0.4, -0.2) is 48.4 Å². The third-order valence-corrected chi connectivity index (χ3v) is 8.43. The summed E-state index contributed by atoms with van der Waals surface area (Å²) in [5, 5.41) is 4.20. The van der Waals surface area contributed by atoms with Crippen LogP contribution in [0.4, 0.5) is 10.1 Å². The number of amides is 1. The van der Waals surface area contributed by atoms with Gasteiger partial charge < -0.3 is 14.4 Å². The van der Waals surface area contributed by atoms with Gasteiger partial charge in [-0.15, -0.1) is 0 Å². The van der Waals surface area contributed by atoms with Gasteiger partial charge in [0.15, 0.2) is 11.5 Å². The summed E-state index contributed by atoms with van der Waals surface area (Å²) in [4.78, 5) is 15.0. The Morgan fingerprint density at radius 2 is 1.97 bits per heavy atom. The minimum absolute atomic E-state index is 0.148. The summed E-state index contributed by atoms with van der Waals surface area (Å²) in [5.41, 5.74) is 2.15. The van der Waals surface area contributed by atoms with Crippen LogP contribution in [0.15, 0.2) is 36.7 Å². The van der Waals surface area contributed by atoms with Crippen LogP contribution in [0.2, 0.25) is 0 Å². The van der Waals surface area contributed by atoms with E-state index in [0.717, 1.165) is 30.6 Å². The van der Waals surface area contributed by atoms with Gasteiger partial charge in [-0.2, -0.15) is 5.10 Å². The van der Waals surface area contributed by atoms with Crippen molar-refractivity contribution in [2.24, 2.45) is 0 Å². The molecule has 0 bridgehead atoms. The van der Waals surface area contributed by atoms with Crippen molar-refractivity contribution in [3.63, 3.8) is 0 Å². The fourth-order valence-corrected chi connectivity index (χ4v) is 5.11. The Morgan fingerprint density at radius 1 is 1.20 bits per heavy atom. The molecule has 1 saturated heterocycles. The number of halogens is 1. The first-order chi connectivity index (χ1) is 16.5. The number of fused-ring (bicyclic) bond motifs is 2. The van der Waals surface area contributed by atoms with Crippen molar-refractivity contribution in [3.8, 4) is 11.5 Å². The van der Waals surface area contributed by atoms with Gasteiger partial charge in [0.25, 0.3) is 5.91 Å². The van der Waals surface area contributed by atoms with Gasteiger partial charge in [0.1, 0.15) is 19.0 Å². The van der Waals surface area contributed by atoms with Crippen LogP contribution in [0, 0.1) is 5.82 Å². The van der Waals surface area contributed by atoms with Crippen molar-refractivity contribution >= 4 is 27.1 Å². The van der Waals surface area contributed by atoms with E-state index in [9.17, 15) is 17.6 Å². The van der Waals surface area contributed by atoms with Gasteiger partial charge in [0, 0.05) is 30.1 Å². The van der Waals surface area contributed by atoms with Crippen molar-refractivity contribution in [2.75, 3.05) is 24.7 Å². The van der Waals surface area contributed by atoms with Crippen LogP contribution >= 0.6 is 0 Å². The molecule has 3 aromatic rings. The molecule has 4 heterocycles. The number of nitrogens with zero attached hydrogens (tertiary/aromatic N) is 3. The first kappa shape index (κ1) is 23.4. The highest BCUT2D eigenvalue weighted by Crippen LogP contribution is 2.45. The lowest BCUT2D eigenvalue weighted by atomic mass is 10.0. The Labute approximate surface area is 202 Å². The van der Waals surface area contributed by atoms with Crippen LogP contribution in [0.5, 0.6) is 11.5 Å². The molecule has 0 spiro atoms. The summed E-state index contributed by atoms with van der Waals surface area (Å²) in [6, 6.07) is 6.35. The molecule has 2 aliphatic heterocycles. The minimum atomic E-state index is -3.88. The zero-order valence-electron chi connectivity index (χ0n) is 19.7. The summed E-state index contributed by atoms with van der Waals surface area (Å²) in [6.07, 6.45) is 4.75. The Hall–Kier alpha value is -3.34. The molecule has 1 amide bonds. The molecule has 0 saturated carbocycles. The van der Waals surface area contributed by atoms with E-state index in [2.05, 4.69) is 14.7 Å². The zero-order chi connectivity index (χ0) is 25.0. The number of ether oxygens (including phenoxy) is 2. The van der Waals surface area contributed by atoms with Crippen LogP contribution in [0.25, 0.3) is 5.52 Å². The monoisotopic (exact) mass is 502 g/mol. The highest BCUT2D eigenvalue weighted by Gasteiger charge is 2.33. The van der Waals surface area contributed by atoms with Crippen molar-refractivity contribution in [1.29, 1.82) is 0 Å². The summed E-state index contributed by atoms with van der Waals surface area (Å²) in [7, 11) is -3.88. The lowest BCUT2D eigenvalue weighted by Gasteiger charge is -2.30. The maximum atomic E-state index is 14.4. The van der Waals surface area contributed by atoms with Gasteiger partial charge in [-0.3, -0.25) is 4.79 Å². The second kappa shape index (κ2) is 8.40. The number of rotatable bonds is 4. The molecule has 2 aromatic heterocycles. The van der Waals surface area contributed by atoms with Gasteiger partial charge in [0.05, 0.1) is 28.1 Å². The number of hydrogen-bond donors (Lipinski definition) is 1. The van der Waals surface area contributed by atoms with Crippen molar-refractivity contribution < 1.29 is 27.1 Å². The second-order valence-electron chi connectivity index (χ2n) is 9.69. The number of aromatic nitrogens is 2. The van der Waals surface area contributed by atoms with Gasteiger partial charge >= 0.3 is 0 Å². The summed E-state index contributed by atoms with van der Waals surface area (Å²) in [5.74, 6) is -0.160. The van der Waals surface area contributed by atoms with Gasteiger partial charge in [-0.1, -0.05) is 0 Å². The molecule has 1 aromatic carbocycles. The van der Waals surface area contributed by atoms with E-state index < -0.39 is 20.7 Å². The van der Waals surface area contributed by atoms with E-state index in [1.54, 1.807) is 12.3 Å². The minimum Gasteiger partial charge on any atom is -0.486 e. The second-order valence-corrected chi connectivity index (χ2v) is 12.1. The number of carbonyl (C=O) groups excluding carboxylic acids is 1. The largest absolute Gasteiger partial charge is 0.486 e. The van der Waals surface area contributed by atoms with Crippen LogP contribution in [-0.2, 0) is 10.0 Å². The standard InChI is InChI=1S/C24H27FN4O5S/c1-24(2,3)35(31,32)27-23(30)18-14-26-29-8-6-16(13-20(18)29)28-7-4-5-19(28)17-11-15(25)12-21-22(17)34-10-9-33-21/h6,8,11-14,19H,4-5,7,9-10H2,1-3H3,(H,27,30). The highest BCUT2D eigenvalue weighted by molar-refractivity contribution is 7.91. The number of hydrogen-bond acceptors (Lipinski definition) is 7. The third-order valence-electron chi connectivity index (χ3n) is 6.36. The maximum absolute atomic E-state index is 14.4. The Morgan fingerprint density at radius 3 is 2.74 bits per heavy atom. The van der Waals surface area contributed by atoms with Crippen molar-refractivity contribution in [1.82, 2.24) is 14.3 Å². The average molecular weight is 503 g/mol. The molecule has 1 fully saturated rings. The number of carbonyl (C=O) groups is 1. The predicted octanol–water partition coefficient (Wildman–Crippen LogP) is 3.44. The van der Waals surface area contributed by atoms with E-state index in [4.69, 9.17) is 9.47 Å². The molecule has 1 N–H and O–H groups in total. The smallest absolute Gasteiger partial charge is 0.268 e. The lowest BCUT2D eigenvalue weighted by Crippen LogP contribution is -2.42. The molecule has 35 heavy (non-hydrogen) atoms. The van der Waals surface area contributed by atoms with Gasteiger partial charge in [-0.25, -0.2) is 22.0 Å². The van der Waals surface area contributed by atoms with Crippen LogP contribution in [0.3, 0.4) is 0 Å². The molecule has 5 rings (SSSR count). The number of nitrogens with one attached hydrogen (secondary N) is 1. The van der Waals surface area contributed by atoms with Crippen LogP contribution < -0.4 is 19.1 Å². The third kappa shape index (κ3) is 4.18. The number of pyridine rings is 1. The Balaban J connectivity index is 1.50. The lowest BCUT2D eigenvalue weighted by molar-refractivity contribution is 0.0982.